The van der Waals surface area contributed by atoms with Gasteiger partial charge in [0.15, 0.2) is 23.7 Å². The summed E-state index contributed by atoms with van der Waals surface area (Å²) in [6, 6.07) is 0.315. The fourth-order valence-corrected chi connectivity index (χ4v) is 4.79. The lowest BCUT2D eigenvalue weighted by molar-refractivity contribution is -0.258. The van der Waals surface area contributed by atoms with Crippen LogP contribution in [0.4, 0.5) is 4.39 Å². The van der Waals surface area contributed by atoms with Crippen molar-refractivity contribution in [1.82, 2.24) is 20.9 Å². The minimum absolute atomic E-state index is 0.174. The van der Waals surface area contributed by atoms with E-state index in [0.717, 1.165) is 18.2 Å². The summed E-state index contributed by atoms with van der Waals surface area (Å²) in [7, 11) is 0. The van der Waals surface area contributed by atoms with Gasteiger partial charge in [0, 0.05) is 0 Å². The van der Waals surface area contributed by atoms with Crippen molar-refractivity contribution in [2.75, 3.05) is 6.61 Å². The predicted octanol–water partition coefficient (Wildman–Crippen LogP) is -1.52. The average molecular weight is 443 g/mol. The summed E-state index contributed by atoms with van der Waals surface area (Å²) < 4.78 is 18.7. The Morgan fingerprint density at radius 1 is 1.37 bits per heavy atom. The fourth-order valence-electron chi connectivity index (χ4n) is 4.55. The molecule has 3 heterocycles. The second-order valence-electron chi connectivity index (χ2n) is 7.46. The first-order valence-electron chi connectivity index (χ1n) is 9.04. The summed E-state index contributed by atoms with van der Waals surface area (Å²) in [5.41, 5.74) is -2.05. The Balaban J connectivity index is 1.74. The number of aliphatic hydroxyl groups excluding tert-OH is 1. The van der Waals surface area contributed by atoms with E-state index in [-0.39, 0.29) is 22.5 Å². The number of esters is 1. The van der Waals surface area contributed by atoms with Gasteiger partial charge >= 0.3 is 5.97 Å². The molecule has 2 unspecified atom stereocenters. The van der Waals surface area contributed by atoms with Crippen LogP contribution in [0.15, 0.2) is 18.2 Å². The fraction of sp³-hybridized carbons (Fsp3) is 0.471. The maximum Gasteiger partial charge on any atom is 0.340 e. The largest absolute Gasteiger partial charge is 0.451 e. The van der Waals surface area contributed by atoms with Crippen molar-refractivity contribution in [3.8, 4) is 0 Å². The van der Waals surface area contributed by atoms with Gasteiger partial charge in [0.1, 0.15) is 5.82 Å². The number of aliphatic hydroxyl groups is 3. The van der Waals surface area contributed by atoms with E-state index in [1.165, 1.54) is 11.8 Å². The molecule has 1 aromatic rings. The Bertz CT molecular complexity index is 947. The predicted molar refractivity (Wildman–Crippen MR) is 101 cm³/mol. The molecule has 11 nitrogen and oxygen atoms in total. The molecule has 30 heavy (non-hydrogen) atoms. The summed E-state index contributed by atoms with van der Waals surface area (Å²) in [5.74, 6) is -4.98. The van der Waals surface area contributed by atoms with Crippen LogP contribution in [0.25, 0.3) is 0 Å². The molecule has 0 bridgehead atoms. The SMILES string of the molecule is CC1[C@H](OC(=O)c2ccc(F)cc2Cl)C(O)(O)[C@]23NC(=N)NC2[C@H](CO)NC(=N)N13. The van der Waals surface area contributed by atoms with E-state index < -0.39 is 54.1 Å². The molecule has 8 N–H and O–H groups in total. The Labute approximate surface area is 174 Å². The second kappa shape index (κ2) is 6.67. The molecule has 4 rings (SSSR count). The van der Waals surface area contributed by atoms with Crippen LogP contribution in [0.3, 0.4) is 0 Å². The van der Waals surface area contributed by atoms with E-state index >= 15 is 0 Å². The van der Waals surface area contributed by atoms with Gasteiger partial charge in [-0.2, -0.15) is 0 Å². The van der Waals surface area contributed by atoms with E-state index in [1.54, 1.807) is 0 Å². The van der Waals surface area contributed by atoms with Crippen LogP contribution in [0.5, 0.6) is 0 Å². The van der Waals surface area contributed by atoms with E-state index in [4.69, 9.17) is 27.2 Å². The Morgan fingerprint density at radius 2 is 2.07 bits per heavy atom. The number of benzene rings is 1. The van der Waals surface area contributed by atoms with Crippen molar-refractivity contribution in [3.05, 3.63) is 34.6 Å². The van der Waals surface area contributed by atoms with E-state index in [2.05, 4.69) is 16.0 Å². The third-order valence-corrected chi connectivity index (χ3v) is 6.11. The van der Waals surface area contributed by atoms with Gasteiger partial charge in [-0.1, -0.05) is 11.6 Å². The van der Waals surface area contributed by atoms with Crippen LogP contribution in [0.1, 0.15) is 17.3 Å². The molecular formula is C17H20ClFN6O5. The molecule has 3 aliphatic heterocycles. The first kappa shape index (κ1) is 20.6. The number of nitrogens with zero attached hydrogens (tertiary/aromatic N) is 1. The first-order chi connectivity index (χ1) is 14.0. The average Bonchev–Trinajstić information content (AvgIpc) is 3.09. The second-order valence-corrected chi connectivity index (χ2v) is 7.86. The number of rotatable bonds is 3. The van der Waals surface area contributed by atoms with E-state index in [0.29, 0.717) is 0 Å². The first-order valence-corrected chi connectivity index (χ1v) is 9.41. The van der Waals surface area contributed by atoms with Gasteiger partial charge in [-0.15, -0.1) is 0 Å². The van der Waals surface area contributed by atoms with Gasteiger partial charge < -0.3 is 40.9 Å². The zero-order valence-electron chi connectivity index (χ0n) is 15.6. The van der Waals surface area contributed by atoms with E-state index in [1.807, 2.05) is 0 Å². The number of guanidine groups is 2. The van der Waals surface area contributed by atoms with E-state index in [9.17, 15) is 24.5 Å². The molecule has 5 atom stereocenters. The van der Waals surface area contributed by atoms with Crippen molar-refractivity contribution >= 4 is 29.5 Å². The number of ether oxygens (including phenoxy) is 1. The lowest BCUT2D eigenvalue weighted by atomic mass is 9.85. The highest BCUT2D eigenvalue weighted by Crippen LogP contribution is 2.47. The van der Waals surface area contributed by atoms with Crippen molar-refractivity contribution in [2.45, 2.75) is 42.6 Å². The maximum atomic E-state index is 13.3. The monoisotopic (exact) mass is 442 g/mol. The molecule has 0 amide bonds. The van der Waals surface area contributed by atoms with Crippen LogP contribution in [0.2, 0.25) is 5.02 Å². The highest BCUT2D eigenvalue weighted by atomic mass is 35.5. The third kappa shape index (κ3) is 2.57. The zero-order chi connectivity index (χ0) is 22.0. The zero-order valence-corrected chi connectivity index (χ0v) is 16.4. The van der Waals surface area contributed by atoms with Crippen molar-refractivity contribution in [2.24, 2.45) is 0 Å². The van der Waals surface area contributed by atoms with Crippen molar-refractivity contribution in [3.63, 3.8) is 0 Å². The topological polar surface area (TPSA) is 174 Å². The molecule has 0 saturated carbocycles. The number of hydrogen-bond donors (Lipinski definition) is 8. The number of carbonyl (C=O) groups is 1. The molecule has 1 spiro atoms. The molecule has 0 aliphatic carbocycles. The summed E-state index contributed by atoms with van der Waals surface area (Å²) >= 11 is 5.91. The molecule has 3 saturated heterocycles. The van der Waals surface area contributed by atoms with Crippen LogP contribution < -0.4 is 16.0 Å². The number of carbonyl (C=O) groups excluding carboxylic acids is 1. The molecule has 0 radical (unpaired) electrons. The summed E-state index contributed by atoms with van der Waals surface area (Å²) in [4.78, 5) is 13.9. The van der Waals surface area contributed by atoms with Gasteiger partial charge in [-0.3, -0.25) is 10.8 Å². The molecular weight excluding hydrogens is 423 g/mol. The maximum absolute atomic E-state index is 13.3. The van der Waals surface area contributed by atoms with Crippen molar-refractivity contribution < 1.29 is 29.2 Å². The number of hydrogen-bond acceptors (Lipinski definition) is 7. The molecule has 0 aromatic heterocycles. The van der Waals surface area contributed by atoms with Gasteiger partial charge in [-0.25, -0.2) is 9.18 Å². The smallest absolute Gasteiger partial charge is 0.340 e. The molecule has 162 valence electrons. The number of halogens is 2. The highest BCUT2D eigenvalue weighted by molar-refractivity contribution is 6.33. The van der Waals surface area contributed by atoms with Gasteiger partial charge in [0.2, 0.25) is 5.79 Å². The Morgan fingerprint density at radius 3 is 2.70 bits per heavy atom. The highest BCUT2D eigenvalue weighted by Gasteiger charge is 2.77. The Kier molecular flexibility index (Phi) is 4.58. The van der Waals surface area contributed by atoms with Crippen molar-refractivity contribution in [1.29, 1.82) is 10.8 Å². The van der Waals surface area contributed by atoms with Gasteiger partial charge in [0.05, 0.1) is 35.3 Å². The molecule has 1 aromatic carbocycles. The number of nitrogens with one attached hydrogen (secondary N) is 5. The standard InChI is InChI=1S/C17H20ClFN6O5/c1-6-12(30-13(27)8-3-2-7(19)4-9(8)18)17(28,29)16-11(23-14(20)24-16)10(5-26)22-15(21)25(6)16/h2-4,6,10-12,26,28-29H,5H2,1H3,(H2,21,22)(H3,20,23,24)/t6?,10-,11?,12-,16-/m0/s1. The minimum Gasteiger partial charge on any atom is -0.451 e. The lowest BCUT2D eigenvalue weighted by Gasteiger charge is -2.51. The summed E-state index contributed by atoms with van der Waals surface area (Å²) in [6.07, 6.45) is -1.59. The summed E-state index contributed by atoms with van der Waals surface area (Å²) in [5, 5.41) is 56.2. The quantitative estimate of drug-likeness (QED) is 0.204. The normalized spacial score (nSPS) is 33.9. The van der Waals surface area contributed by atoms with Crippen LogP contribution in [-0.4, -0.2) is 80.4 Å². The van der Waals surface area contributed by atoms with Gasteiger partial charge in [0.25, 0.3) is 0 Å². The molecule has 13 heteroatoms. The Hall–Kier alpha value is -2.67. The molecule has 3 fully saturated rings. The third-order valence-electron chi connectivity index (χ3n) is 5.80. The summed E-state index contributed by atoms with van der Waals surface area (Å²) in [6.45, 7) is 1.04. The minimum atomic E-state index is -2.79. The van der Waals surface area contributed by atoms with Crippen LogP contribution >= 0.6 is 11.6 Å². The molecule has 3 aliphatic rings. The lowest BCUT2D eigenvalue weighted by Crippen LogP contribution is -2.81. The van der Waals surface area contributed by atoms with Crippen LogP contribution in [0, 0.1) is 16.6 Å². The van der Waals surface area contributed by atoms with Crippen LogP contribution in [-0.2, 0) is 4.74 Å². The van der Waals surface area contributed by atoms with Gasteiger partial charge in [-0.05, 0) is 25.1 Å².